The lowest BCUT2D eigenvalue weighted by Gasteiger charge is -2.19. The molecule has 1 nitrogen and oxygen atoms in total. The summed E-state index contributed by atoms with van der Waals surface area (Å²) in [6.45, 7) is 2.51. The van der Waals surface area contributed by atoms with Crippen molar-refractivity contribution < 1.29 is 13.2 Å². The van der Waals surface area contributed by atoms with Crippen LogP contribution in [0.4, 0.5) is 13.2 Å². The Balaban J connectivity index is 2.30. The van der Waals surface area contributed by atoms with E-state index in [1.165, 1.54) is 18.2 Å². The lowest BCUT2D eigenvalue weighted by Crippen LogP contribution is -2.23. The van der Waals surface area contributed by atoms with Gasteiger partial charge in [0.15, 0.2) is 11.6 Å². The van der Waals surface area contributed by atoms with Gasteiger partial charge in [-0.15, -0.1) is 0 Å². The highest BCUT2D eigenvalue weighted by atomic mass is 35.5. The number of halogens is 4. The molecule has 0 aliphatic rings. The summed E-state index contributed by atoms with van der Waals surface area (Å²) < 4.78 is 40.2. The molecule has 0 saturated heterocycles. The molecule has 2 aromatic rings. The number of hydrogen-bond acceptors (Lipinski definition) is 1. The molecule has 21 heavy (non-hydrogen) atoms. The first-order valence-electron chi connectivity index (χ1n) is 6.63. The van der Waals surface area contributed by atoms with Gasteiger partial charge in [0, 0.05) is 11.1 Å². The molecule has 1 atom stereocenters. The Morgan fingerprint density at radius 3 is 2.38 bits per heavy atom. The van der Waals surface area contributed by atoms with E-state index in [0.717, 1.165) is 12.1 Å². The number of likely N-dealkylation sites (N-methyl/N-ethyl adjacent to an activating group) is 1. The minimum atomic E-state index is -0.915. The highest BCUT2D eigenvalue weighted by Crippen LogP contribution is 2.24. The Hall–Kier alpha value is -1.52. The molecule has 5 heteroatoms. The van der Waals surface area contributed by atoms with E-state index < -0.39 is 11.6 Å². The second-order valence-electron chi connectivity index (χ2n) is 4.72. The van der Waals surface area contributed by atoms with Crippen LogP contribution in [0.15, 0.2) is 36.4 Å². The average molecular weight is 314 g/mol. The van der Waals surface area contributed by atoms with Crippen LogP contribution >= 0.6 is 11.6 Å². The minimum Gasteiger partial charge on any atom is -0.310 e. The second kappa shape index (κ2) is 6.96. The van der Waals surface area contributed by atoms with Crippen molar-refractivity contribution in [2.24, 2.45) is 0 Å². The fraction of sp³-hybridized carbons (Fsp3) is 0.250. The van der Waals surface area contributed by atoms with E-state index >= 15 is 0 Å². The van der Waals surface area contributed by atoms with E-state index in [-0.39, 0.29) is 11.9 Å². The monoisotopic (exact) mass is 313 g/mol. The summed E-state index contributed by atoms with van der Waals surface area (Å²) in [6.07, 6.45) is 0.297. The third kappa shape index (κ3) is 3.99. The highest BCUT2D eigenvalue weighted by molar-refractivity contribution is 6.30. The fourth-order valence-electron chi connectivity index (χ4n) is 2.20. The molecule has 0 amide bonds. The molecule has 0 aliphatic carbocycles. The Labute approximate surface area is 126 Å². The summed E-state index contributed by atoms with van der Waals surface area (Å²) in [5.74, 6) is -2.19. The smallest absolute Gasteiger partial charge is 0.159 e. The molecule has 0 saturated carbocycles. The molecular weight excluding hydrogens is 299 g/mol. The number of rotatable bonds is 5. The maximum absolute atomic E-state index is 13.8. The van der Waals surface area contributed by atoms with Crippen LogP contribution in [-0.4, -0.2) is 6.54 Å². The number of nitrogens with one attached hydrogen (secondary N) is 1. The molecule has 0 fully saturated rings. The molecule has 112 valence electrons. The number of benzene rings is 2. The topological polar surface area (TPSA) is 12.0 Å². The Kier molecular flexibility index (Phi) is 5.26. The van der Waals surface area contributed by atoms with Gasteiger partial charge < -0.3 is 5.32 Å². The van der Waals surface area contributed by atoms with Gasteiger partial charge in [0.25, 0.3) is 0 Å². The van der Waals surface area contributed by atoms with Crippen molar-refractivity contribution in [2.75, 3.05) is 6.54 Å². The van der Waals surface area contributed by atoms with Crippen LogP contribution in [-0.2, 0) is 6.42 Å². The molecular formula is C16H15ClF3N. The zero-order valence-electron chi connectivity index (χ0n) is 11.5. The maximum atomic E-state index is 13.8. The van der Waals surface area contributed by atoms with Gasteiger partial charge in [-0.05, 0) is 54.4 Å². The van der Waals surface area contributed by atoms with Crippen molar-refractivity contribution in [1.29, 1.82) is 0 Å². The van der Waals surface area contributed by atoms with E-state index in [2.05, 4.69) is 5.32 Å². The van der Waals surface area contributed by atoms with Crippen LogP contribution in [0.1, 0.15) is 24.1 Å². The molecule has 0 spiro atoms. The fourth-order valence-corrected chi connectivity index (χ4v) is 2.40. The standard InChI is InChI=1S/C16H15ClF3N/c1-2-21-16(10-3-5-14(19)15(20)8-10)9-11-7-12(17)4-6-13(11)18/h3-8,16,21H,2,9H2,1H3. The van der Waals surface area contributed by atoms with E-state index in [4.69, 9.17) is 11.6 Å². The van der Waals surface area contributed by atoms with Gasteiger partial charge in [-0.1, -0.05) is 24.6 Å². The third-order valence-electron chi connectivity index (χ3n) is 3.23. The summed E-state index contributed by atoms with van der Waals surface area (Å²) in [4.78, 5) is 0. The molecule has 0 aromatic heterocycles. The van der Waals surface area contributed by atoms with Crippen LogP contribution in [0.25, 0.3) is 0 Å². The van der Waals surface area contributed by atoms with Crippen molar-refractivity contribution in [1.82, 2.24) is 5.32 Å². The average Bonchev–Trinajstić information content (AvgIpc) is 2.45. The zero-order chi connectivity index (χ0) is 15.4. The van der Waals surface area contributed by atoms with E-state index in [1.807, 2.05) is 6.92 Å². The lowest BCUT2D eigenvalue weighted by atomic mass is 9.98. The van der Waals surface area contributed by atoms with E-state index in [0.29, 0.717) is 29.1 Å². The van der Waals surface area contributed by atoms with Crippen molar-refractivity contribution in [3.05, 3.63) is 70.0 Å². The van der Waals surface area contributed by atoms with Gasteiger partial charge in [0.2, 0.25) is 0 Å². The summed E-state index contributed by atoms with van der Waals surface area (Å²) >= 11 is 5.87. The zero-order valence-corrected chi connectivity index (χ0v) is 12.2. The quantitative estimate of drug-likeness (QED) is 0.847. The first kappa shape index (κ1) is 15.9. The van der Waals surface area contributed by atoms with Gasteiger partial charge in [-0.3, -0.25) is 0 Å². The van der Waals surface area contributed by atoms with Gasteiger partial charge in [0.1, 0.15) is 5.82 Å². The molecule has 0 heterocycles. The molecule has 0 aliphatic heterocycles. The van der Waals surface area contributed by atoms with Gasteiger partial charge >= 0.3 is 0 Å². The molecule has 1 N–H and O–H groups in total. The summed E-state index contributed by atoms with van der Waals surface area (Å²) in [7, 11) is 0. The lowest BCUT2D eigenvalue weighted by molar-refractivity contribution is 0.494. The van der Waals surface area contributed by atoms with Gasteiger partial charge in [-0.2, -0.15) is 0 Å². The van der Waals surface area contributed by atoms with Gasteiger partial charge in [-0.25, -0.2) is 13.2 Å². The van der Waals surface area contributed by atoms with Crippen LogP contribution in [0.5, 0.6) is 0 Å². The highest BCUT2D eigenvalue weighted by Gasteiger charge is 2.16. The van der Waals surface area contributed by atoms with E-state index in [9.17, 15) is 13.2 Å². The molecule has 1 unspecified atom stereocenters. The summed E-state index contributed by atoms with van der Waals surface area (Å²) in [5, 5.41) is 3.58. The van der Waals surface area contributed by atoms with Crippen LogP contribution in [0.2, 0.25) is 5.02 Å². The largest absolute Gasteiger partial charge is 0.310 e. The maximum Gasteiger partial charge on any atom is 0.159 e. The molecule has 2 rings (SSSR count). The predicted molar refractivity (Wildman–Crippen MR) is 77.9 cm³/mol. The van der Waals surface area contributed by atoms with E-state index in [1.54, 1.807) is 6.07 Å². The Bertz CT molecular complexity index is 631. The molecule has 2 aromatic carbocycles. The van der Waals surface area contributed by atoms with Gasteiger partial charge in [0.05, 0.1) is 0 Å². The summed E-state index contributed by atoms with van der Waals surface area (Å²) in [6, 6.07) is 7.69. The predicted octanol–water partition coefficient (Wildman–Crippen LogP) is 4.65. The Morgan fingerprint density at radius 2 is 1.71 bits per heavy atom. The number of hydrogen-bond donors (Lipinski definition) is 1. The Morgan fingerprint density at radius 1 is 1.00 bits per heavy atom. The first-order chi connectivity index (χ1) is 10.0. The normalized spacial score (nSPS) is 12.4. The van der Waals surface area contributed by atoms with Crippen molar-refractivity contribution in [3.63, 3.8) is 0 Å². The first-order valence-corrected chi connectivity index (χ1v) is 7.01. The SMILES string of the molecule is CCNC(Cc1cc(Cl)ccc1F)c1ccc(F)c(F)c1. The minimum absolute atomic E-state index is 0.297. The summed E-state index contributed by atoms with van der Waals surface area (Å²) in [5.41, 5.74) is 0.994. The van der Waals surface area contributed by atoms with Crippen molar-refractivity contribution >= 4 is 11.6 Å². The van der Waals surface area contributed by atoms with Crippen molar-refractivity contribution in [2.45, 2.75) is 19.4 Å². The molecule has 0 radical (unpaired) electrons. The van der Waals surface area contributed by atoms with Crippen LogP contribution < -0.4 is 5.32 Å². The van der Waals surface area contributed by atoms with Crippen molar-refractivity contribution in [3.8, 4) is 0 Å². The van der Waals surface area contributed by atoms with Crippen LogP contribution in [0, 0.1) is 17.5 Å². The molecule has 0 bridgehead atoms. The third-order valence-corrected chi connectivity index (χ3v) is 3.46. The van der Waals surface area contributed by atoms with Crippen LogP contribution in [0.3, 0.4) is 0 Å². The second-order valence-corrected chi connectivity index (χ2v) is 5.16.